The Balaban J connectivity index is 1.79. The number of carbonyl (C=O) groups excluding carboxylic acids is 2. The quantitative estimate of drug-likeness (QED) is 0.650. The van der Waals surface area contributed by atoms with Gasteiger partial charge in [-0.05, 0) is 42.3 Å². The molecule has 0 aliphatic carbocycles. The maximum absolute atomic E-state index is 12.6. The standard InChI is InChI=1S/C19H18BrN3O3/c1-12-7-8-23-11-16(21-17(23)9-12)18(24)22-15(19(25)26-2)10-13-3-5-14(20)6-4-13/h3-9,11,15H,10H2,1-2H3,(H,22,24)/t15-/m1/s1. The lowest BCUT2D eigenvalue weighted by atomic mass is 10.1. The summed E-state index contributed by atoms with van der Waals surface area (Å²) in [5.41, 5.74) is 2.89. The van der Waals surface area contributed by atoms with Crippen LogP contribution < -0.4 is 5.32 Å². The van der Waals surface area contributed by atoms with E-state index in [1.54, 1.807) is 10.6 Å². The Labute approximate surface area is 159 Å². The summed E-state index contributed by atoms with van der Waals surface area (Å²) in [5.74, 6) is -0.917. The second-order valence-corrected chi connectivity index (χ2v) is 6.89. The number of amides is 1. The highest BCUT2D eigenvalue weighted by atomic mass is 79.9. The molecule has 134 valence electrons. The molecule has 0 unspecified atom stereocenters. The number of nitrogens with one attached hydrogen (secondary N) is 1. The zero-order valence-corrected chi connectivity index (χ0v) is 16.0. The fraction of sp³-hybridized carbons (Fsp3) is 0.211. The summed E-state index contributed by atoms with van der Waals surface area (Å²) < 4.78 is 7.54. The minimum atomic E-state index is -0.791. The molecule has 7 heteroatoms. The van der Waals surface area contributed by atoms with Crippen LogP contribution in [0.1, 0.15) is 21.6 Å². The normalized spacial score (nSPS) is 12.0. The van der Waals surface area contributed by atoms with Crippen molar-refractivity contribution in [3.05, 3.63) is 70.1 Å². The van der Waals surface area contributed by atoms with Crippen molar-refractivity contribution < 1.29 is 14.3 Å². The largest absolute Gasteiger partial charge is 0.467 e. The van der Waals surface area contributed by atoms with Crippen molar-refractivity contribution >= 4 is 33.5 Å². The molecule has 0 radical (unpaired) electrons. The molecule has 0 saturated heterocycles. The minimum Gasteiger partial charge on any atom is -0.467 e. The van der Waals surface area contributed by atoms with Gasteiger partial charge >= 0.3 is 5.97 Å². The number of nitrogens with zero attached hydrogens (tertiary/aromatic N) is 2. The molecule has 0 aliphatic heterocycles. The van der Waals surface area contributed by atoms with Crippen LogP contribution in [-0.4, -0.2) is 34.4 Å². The van der Waals surface area contributed by atoms with E-state index < -0.39 is 17.9 Å². The second kappa shape index (κ2) is 7.70. The number of ether oxygens (including phenoxy) is 1. The summed E-state index contributed by atoms with van der Waals surface area (Å²) >= 11 is 3.37. The number of imidazole rings is 1. The average Bonchev–Trinajstić information content (AvgIpc) is 3.05. The van der Waals surface area contributed by atoms with Gasteiger partial charge in [0.25, 0.3) is 5.91 Å². The van der Waals surface area contributed by atoms with Crippen LogP contribution in [0.2, 0.25) is 0 Å². The number of benzene rings is 1. The van der Waals surface area contributed by atoms with Crippen molar-refractivity contribution in [3.8, 4) is 0 Å². The summed E-state index contributed by atoms with van der Waals surface area (Å²) in [7, 11) is 1.30. The molecule has 1 amide bonds. The number of pyridine rings is 1. The minimum absolute atomic E-state index is 0.250. The fourth-order valence-corrected chi connectivity index (χ4v) is 2.88. The zero-order chi connectivity index (χ0) is 18.7. The van der Waals surface area contributed by atoms with Gasteiger partial charge in [0.2, 0.25) is 0 Å². The molecule has 6 nitrogen and oxygen atoms in total. The number of fused-ring (bicyclic) bond motifs is 1. The van der Waals surface area contributed by atoms with Gasteiger partial charge in [-0.2, -0.15) is 0 Å². The van der Waals surface area contributed by atoms with E-state index in [9.17, 15) is 9.59 Å². The highest BCUT2D eigenvalue weighted by Crippen LogP contribution is 2.13. The SMILES string of the molecule is COC(=O)[C@@H](Cc1ccc(Br)cc1)NC(=O)c1cn2ccc(C)cc2n1. The first-order valence-electron chi connectivity index (χ1n) is 8.05. The molecule has 1 atom stereocenters. The van der Waals surface area contributed by atoms with Crippen molar-refractivity contribution in [2.75, 3.05) is 7.11 Å². The summed E-state index contributed by atoms with van der Waals surface area (Å²) in [4.78, 5) is 29.0. The molecular weight excluding hydrogens is 398 g/mol. The molecule has 1 aromatic carbocycles. The molecule has 3 rings (SSSR count). The monoisotopic (exact) mass is 415 g/mol. The van der Waals surface area contributed by atoms with Gasteiger partial charge in [-0.15, -0.1) is 0 Å². The van der Waals surface area contributed by atoms with Gasteiger partial charge in [-0.25, -0.2) is 9.78 Å². The van der Waals surface area contributed by atoms with Crippen LogP contribution in [0, 0.1) is 6.92 Å². The summed E-state index contributed by atoms with van der Waals surface area (Å²) in [6, 6.07) is 10.6. The van der Waals surface area contributed by atoms with Gasteiger partial charge in [0, 0.05) is 23.3 Å². The first-order valence-corrected chi connectivity index (χ1v) is 8.84. The lowest BCUT2D eigenvalue weighted by molar-refractivity contribution is -0.142. The number of hydrogen-bond acceptors (Lipinski definition) is 4. The van der Waals surface area contributed by atoms with E-state index in [0.29, 0.717) is 12.1 Å². The molecule has 0 fully saturated rings. The number of carbonyl (C=O) groups is 2. The molecule has 1 N–H and O–H groups in total. The third-order valence-corrected chi connectivity index (χ3v) is 4.52. The van der Waals surface area contributed by atoms with Crippen LogP contribution in [0.3, 0.4) is 0 Å². The number of halogens is 1. The van der Waals surface area contributed by atoms with Gasteiger partial charge in [-0.3, -0.25) is 4.79 Å². The summed E-state index contributed by atoms with van der Waals surface area (Å²) in [6.07, 6.45) is 3.81. The van der Waals surface area contributed by atoms with Crippen LogP contribution in [0.15, 0.2) is 53.3 Å². The fourth-order valence-electron chi connectivity index (χ4n) is 2.62. The van der Waals surface area contributed by atoms with Crippen LogP contribution in [-0.2, 0) is 16.0 Å². The molecule has 3 aromatic rings. The Kier molecular flexibility index (Phi) is 5.37. The number of aromatic nitrogens is 2. The molecule has 26 heavy (non-hydrogen) atoms. The van der Waals surface area contributed by atoms with Crippen molar-refractivity contribution in [2.45, 2.75) is 19.4 Å². The zero-order valence-electron chi connectivity index (χ0n) is 14.4. The first-order chi connectivity index (χ1) is 12.5. The maximum atomic E-state index is 12.6. The average molecular weight is 416 g/mol. The van der Waals surface area contributed by atoms with E-state index in [4.69, 9.17) is 4.74 Å². The smallest absolute Gasteiger partial charge is 0.328 e. The molecule has 0 spiro atoms. The number of methoxy groups -OCH3 is 1. The van der Waals surface area contributed by atoms with E-state index in [0.717, 1.165) is 15.6 Å². The Hall–Kier alpha value is -2.67. The summed E-state index contributed by atoms with van der Waals surface area (Å²) in [5, 5.41) is 2.72. The highest BCUT2D eigenvalue weighted by Gasteiger charge is 2.23. The van der Waals surface area contributed by atoms with E-state index in [2.05, 4.69) is 26.2 Å². The Morgan fingerprint density at radius 1 is 1.27 bits per heavy atom. The van der Waals surface area contributed by atoms with Gasteiger partial charge < -0.3 is 14.5 Å². The number of esters is 1. The van der Waals surface area contributed by atoms with E-state index in [1.165, 1.54) is 7.11 Å². The lowest BCUT2D eigenvalue weighted by Gasteiger charge is -2.16. The topological polar surface area (TPSA) is 72.7 Å². The first kappa shape index (κ1) is 18.1. The predicted octanol–water partition coefficient (Wildman–Crippen LogP) is 2.92. The lowest BCUT2D eigenvalue weighted by Crippen LogP contribution is -2.43. The Morgan fingerprint density at radius 2 is 2.00 bits per heavy atom. The van der Waals surface area contributed by atoms with Crippen molar-refractivity contribution in [3.63, 3.8) is 0 Å². The van der Waals surface area contributed by atoms with E-state index in [-0.39, 0.29) is 5.69 Å². The van der Waals surface area contributed by atoms with Crippen LogP contribution in [0.5, 0.6) is 0 Å². The van der Waals surface area contributed by atoms with Crippen molar-refractivity contribution in [1.29, 1.82) is 0 Å². The highest BCUT2D eigenvalue weighted by molar-refractivity contribution is 9.10. The molecule has 0 bridgehead atoms. The van der Waals surface area contributed by atoms with Crippen LogP contribution in [0.4, 0.5) is 0 Å². The second-order valence-electron chi connectivity index (χ2n) is 5.98. The van der Waals surface area contributed by atoms with E-state index in [1.807, 2.05) is 49.5 Å². The third kappa shape index (κ3) is 4.11. The number of aryl methyl sites for hydroxylation is 1. The van der Waals surface area contributed by atoms with E-state index >= 15 is 0 Å². The molecule has 2 aromatic heterocycles. The third-order valence-electron chi connectivity index (χ3n) is 3.99. The van der Waals surface area contributed by atoms with Gasteiger partial charge in [0.15, 0.2) is 0 Å². The molecular formula is C19H18BrN3O3. The van der Waals surface area contributed by atoms with Gasteiger partial charge in [0.1, 0.15) is 17.4 Å². The summed E-state index contributed by atoms with van der Waals surface area (Å²) in [6.45, 7) is 1.96. The van der Waals surface area contributed by atoms with Crippen molar-refractivity contribution in [2.24, 2.45) is 0 Å². The number of hydrogen-bond donors (Lipinski definition) is 1. The van der Waals surface area contributed by atoms with Crippen LogP contribution >= 0.6 is 15.9 Å². The van der Waals surface area contributed by atoms with Gasteiger partial charge in [0.05, 0.1) is 7.11 Å². The number of rotatable bonds is 5. The molecule has 0 aliphatic rings. The van der Waals surface area contributed by atoms with Crippen LogP contribution in [0.25, 0.3) is 5.65 Å². The molecule has 0 saturated carbocycles. The Bertz CT molecular complexity index is 950. The maximum Gasteiger partial charge on any atom is 0.328 e. The van der Waals surface area contributed by atoms with Crippen molar-refractivity contribution in [1.82, 2.24) is 14.7 Å². The predicted molar refractivity (Wildman–Crippen MR) is 101 cm³/mol. The molecule has 2 heterocycles. The Morgan fingerprint density at radius 3 is 2.69 bits per heavy atom. The van der Waals surface area contributed by atoms with Gasteiger partial charge in [-0.1, -0.05) is 28.1 Å².